The predicted molar refractivity (Wildman–Crippen MR) is 110 cm³/mol. The van der Waals surface area contributed by atoms with Gasteiger partial charge in [0.15, 0.2) is 0 Å². The zero-order chi connectivity index (χ0) is 21.6. The van der Waals surface area contributed by atoms with Crippen molar-refractivity contribution in [2.45, 2.75) is 18.4 Å². The molecule has 0 saturated carbocycles. The fourth-order valence-corrected chi connectivity index (χ4v) is 3.75. The van der Waals surface area contributed by atoms with Gasteiger partial charge in [0, 0.05) is 33.3 Å². The highest BCUT2D eigenvalue weighted by atomic mass is 32.2. The highest BCUT2D eigenvalue weighted by Gasteiger charge is 2.22. The Morgan fingerprint density at radius 3 is 2.48 bits per heavy atom. The molecule has 0 heterocycles. The van der Waals surface area contributed by atoms with Gasteiger partial charge in [-0.1, -0.05) is 18.2 Å². The van der Waals surface area contributed by atoms with Crippen molar-refractivity contribution in [3.63, 3.8) is 0 Å². The second-order valence-corrected chi connectivity index (χ2v) is 8.63. The Morgan fingerprint density at radius 1 is 1.17 bits per heavy atom. The molecule has 0 fully saturated rings. The molecule has 0 spiro atoms. The van der Waals surface area contributed by atoms with Gasteiger partial charge in [0.1, 0.15) is 16.5 Å². The van der Waals surface area contributed by atoms with Crippen LogP contribution in [-0.2, 0) is 21.4 Å². The molecule has 0 aliphatic carbocycles. The zero-order valence-electron chi connectivity index (χ0n) is 16.9. The first kappa shape index (κ1) is 22.6. The molecule has 0 aliphatic heterocycles. The summed E-state index contributed by atoms with van der Waals surface area (Å²) >= 11 is 0. The standard InChI is InChI=1S/C21H25FN2O4S/c1-5-24(15-17-7-6-8-18(22)13-17)21(25)12-10-16-9-11-19(28-4)20(14-16)29(26,27)23(2)3/h6-14H,5,15H2,1-4H3/b12-10+. The first-order valence-electron chi connectivity index (χ1n) is 9.01. The molecule has 8 heteroatoms. The summed E-state index contributed by atoms with van der Waals surface area (Å²) in [6.45, 7) is 2.56. The highest BCUT2D eigenvalue weighted by Crippen LogP contribution is 2.27. The SMILES string of the molecule is CCN(Cc1cccc(F)c1)C(=O)/C=C/c1ccc(OC)c(S(=O)(=O)N(C)C)c1. The molecule has 0 aliphatic rings. The lowest BCUT2D eigenvalue weighted by Crippen LogP contribution is -2.28. The molecule has 156 valence electrons. The quantitative estimate of drug-likeness (QED) is 0.616. The van der Waals surface area contributed by atoms with Crippen molar-refractivity contribution in [1.82, 2.24) is 9.21 Å². The van der Waals surface area contributed by atoms with Crippen LogP contribution >= 0.6 is 0 Å². The van der Waals surface area contributed by atoms with Gasteiger partial charge in [-0.15, -0.1) is 0 Å². The summed E-state index contributed by atoms with van der Waals surface area (Å²) in [5, 5.41) is 0. The molecule has 6 nitrogen and oxygen atoms in total. The van der Waals surface area contributed by atoms with Crippen LogP contribution in [0.3, 0.4) is 0 Å². The molecule has 1 amide bonds. The number of carbonyl (C=O) groups is 1. The third-order valence-electron chi connectivity index (χ3n) is 4.32. The van der Waals surface area contributed by atoms with E-state index < -0.39 is 10.0 Å². The minimum absolute atomic E-state index is 0.0201. The highest BCUT2D eigenvalue weighted by molar-refractivity contribution is 7.89. The Labute approximate surface area is 171 Å². The number of hydrogen-bond acceptors (Lipinski definition) is 4. The normalized spacial score (nSPS) is 11.8. The predicted octanol–water partition coefficient (Wildman–Crippen LogP) is 3.15. The van der Waals surface area contributed by atoms with E-state index in [1.54, 1.807) is 35.2 Å². The van der Waals surface area contributed by atoms with E-state index in [-0.39, 0.29) is 28.9 Å². The lowest BCUT2D eigenvalue weighted by atomic mass is 10.2. The van der Waals surface area contributed by atoms with Crippen molar-refractivity contribution in [2.75, 3.05) is 27.7 Å². The summed E-state index contributed by atoms with van der Waals surface area (Å²) in [6, 6.07) is 10.8. The van der Waals surface area contributed by atoms with Gasteiger partial charge >= 0.3 is 0 Å². The van der Waals surface area contributed by atoms with Gasteiger partial charge in [0.25, 0.3) is 0 Å². The van der Waals surface area contributed by atoms with Crippen molar-refractivity contribution < 1.29 is 22.3 Å². The van der Waals surface area contributed by atoms with Crippen molar-refractivity contribution in [1.29, 1.82) is 0 Å². The molecule has 0 atom stereocenters. The minimum atomic E-state index is -3.70. The number of benzene rings is 2. The summed E-state index contributed by atoms with van der Waals surface area (Å²) in [6.07, 6.45) is 2.92. The maximum absolute atomic E-state index is 13.4. The Hall–Kier alpha value is -2.71. The molecule has 2 aromatic carbocycles. The Balaban J connectivity index is 2.24. The van der Waals surface area contributed by atoms with Crippen molar-refractivity contribution in [3.05, 3.63) is 65.5 Å². The van der Waals surface area contributed by atoms with Crippen LogP contribution in [0.15, 0.2) is 53.4 Å². The number of rotatable bonds is 8. The van der Waals surface area contributed by atoms with Crippen LogP contribution in [0.1, 0.15) is 18.1 Å². The van der Waals surface area contributed by atoms with Crippen LogP contribution in [0.2, 0.25) is 0 Å². The van der Waals surface area contributed by atoms with E-state index >= 15 is 0 Å². The molecule has 29 heavy (non-hydrogen) atoms. The van der Waals surface area contributed by atoms with Crippen LogP contribution < -0.4 is 4.74 Å². The lowest BCUT2D eigenvalue weighted by Gasteiger charge is -2.19. The fourth-order valence-electron chi connectivity index (χ4n) is 2.67. The number of sulfonamides is 1. The third kappa shape index (κ3) is 5.65. The van der Waals surface area contributed by atoms with Gasteiger partial charge < -0.3 is 9.64 Å². The zero-order valence-corrected chi connectivity index (χ0v) is 17.7. The van der Waals surface area contributed by atoms with Gasteiger partial charge in [-0.3, -0.25) is 4.79 Å². The number of hydrogen-bond donors (Lipinski definition) is 0. The summed E-state index contributed by atoms with van der Waals surface area (Å²) < 4.78 is 44.6. The number of carbonyl (C=O) groups excluding carboxylic acids is 1. The van der Waals surface area contributed by atoms with Gasteiger partial charge in [-0.25, -0.2) is 17.1 Å². The molecule has 2 rings (SSSR count). The number of ether oxygens (including phenoxy) is 1. The molecule has 0 bridgehead atoms. The largest absolute Gasteiger partial charge is 0.495 e. The number of nitrogens with zero attached hydrogens (tertiary/aromatic N) is 2. The summed E-state index contributed by atoms with van der Waals surface area (Å²) in [7, 11) is 0.568. The Kier molecular flexibility index (Phi) is 7.53. The maximum Gasteiger partial charge on any atom is 0.246 e. The molecular formula is C21H25FN2O4S. The van der Waals surface area contributed by atoms with Crippen molar-refractivity contribution in [3.8, 4) is 5.75 Å². The average molecular weight is 421 g/mol. The molecule has 2 aromatic rings. The lowest BCUT2D eigenvalue weighted by molar-refractivity contribution is -0.126. The van der Waals surface area contributed by atoms with E-state index in [1.807, 2.05) is 6.92 Å². The van der Waals surface area contributed by atoms with Crippen LogP contribution in [0.25, 0.3) is 6.08 Å². The van der Waals surface area contributed by atoms with Crippen molar-refractivity contribution >= 4 is 22.0 Å². The molecule has 0 saturated heterocycles. The maximum atomic E-state index is 13.4. The first-order chi connectivity index (χ1) is 13.7. The fraction of sp³-hybridized carbons (Fsp3) is 0.286. The molecular weight excluding hydrogens is 395 g/mol. The van der Waals surface area contributed by atoms with Gasteiger partial charge in [0.2, 0.25) is 15.9 Å². The van der Waals surface area contributed by atoms with E-state index in [4.69, 9.17) is 4.74 Å². The topological polar surface area (TPSA) is 66.9 Å². The van der Waals surface area contributed by atoms with Crippen LogP contribution in [0, 0.1) is 5.82 Å². The second-order valence-electron chi connectivity index (χ2n) is 6.51. The summed E-state index contributed by atoms with van der Waals surface area (Å²) in [5.74, 6) is -0.387. The van der Waals surface area contributed by atoms with E-state index in [0.29, 0.717) is 17.7 Å². The minimum Gasteiger partial charge on any atom is -0.495 e. The molecule has 0 aromatic heterocycles. The number of amides is 1. The Bertz CT molecular complexity index is 1000. The molecule has 0 radical (unpaired) electrons. The monoisotopic (exact) mass is 420 g/mol. The van der Waals surface area contributed by atoms with Crippen LogP contribution in [0.4, 0.5) is 4.39 Å². The van der Waals surface area contributed by atoms with Gasteiger partial charge in [-0.2, -0.15) is 0 Å². The van der Waals surface area contributed by atoms with E-state index in [1.165, 1.54) is 45.5 Å². The second kappa shape index (κ2) is 9.67. The van der Waals surface area contributed by atoms with Gasteiger partial charge in [-0.05, 0) is 48.4 Å². The number of likely N-dealkylation sites (N-methyl/N-ethyl adjacent to an activating group) is 1. The van der Waals surface area contributed by atoms with E-state index in [2.05, 4.69) is 0 Å². The van der Waals surface area contributed by atoms with Gasteiger partial charge in [0.05, 0.1) is 7.11 Å². The molecule has 0 unspecified atom stereocenters. The number of methoxy groups -OCH3 is 1. The van der Waals surface area contributed by atoms with E-state index in [9.17, 15) is 17.6 Å². The number of halogens is 1. The summed E-state index contributed by atoms with van der Waals surface area (Å²) in [5.41, 5.74) is 1.23. The third-order valence-corrected chi connectivity index (χ3v) is 6.16. The summed E-state index contributed by atoms with van der Waals surface area (Å²) in [4.78, 5) is 14.1. The van der Waals surface area contributed by atoms with E-state index in [0.717, 1.165) is 4.31 Å². The van der Waals surface area contributed by atoms with Crippen molar-refractivity contribution in [2.24, 2.45) is 0 Å². The van der Waals surface area contributed by atoms with Crippen LogP contribution in [-0.4, -0.2) is 51.3 Å². The smallest absolute Gasteiger partial charge is 0.246 e. The van der Waals surface area contributed by atoms with Crippen LogP contribution in [0.5, 0.6) is 5.75 Å². The average Bonchev–Trinajstić information content (AvgIpc) is 2.69. The Morgan fingerprint density at radius 2 is 1.90 bits per heavy atom. The first-order valence-corrected chi connectivity index (χ1v) is 10.4. The molecule has 0 N–H and O–H groups in total.